The second-order valence-corrected chi connectivity index (χ2v) is 5.05. The first-order chi connectivity index (χ1) is 8.63. The highest BCUT2D eigenvalue weighted by Gasteiger charge is 2.08. The fraction of sp³-hybridized carbons (Fsp3) is 0.583. The number of carbonyl (C=O) groups is 1. The van der Waals surface area contributed by atoms with E-state index in [-0.39, 0.29) is 11.9 Å². The summed E-state index contributed by atoms with van der Waals surface area (Å²) in [4.78, 5) is 19.6. The van der Waals surface area contributed by atoms with E-state index in [0.717, 1.165) is 12.8 Å². The summed E-state index contributed by atoms with van der Waals surface area (Å²) >= 11 is 1.85. The second-order valence-electron chi connectivity index (χ2n) is 4.06. The van der Waals surface area contributed by atoms with Crippen molar-refractivity contribution in [3.63, 3.8) is 0 Å². The van der Waals surface area contributed by atoms with Crippen LogP contribution in [0.15, 0.2) is 6.07 Å². The number of hydrogen-bond acceptors (Lipinski definition) is 5. The lowest BCUT2D eigenvalue weighted by Crippen LogP contribution is -2.26. The van der Waals surface area contributed by atoms with Gasteiger partial charge in [0.25, 0.3) is 5.91 Å². The van der Waals surface area contributed by atoms with Crippen molar-refractivity contribution >= 4 is 23.6 Å². The van der Waals surface area contributed by atoms with E-state index in [2.05, 4.69) is 21.5 Å². The standard InChI is InChI=1S/C12H20N4OS/c1-9-8-10(16-12(13)15-9)11(17)14-6-4-3-5-7-18-2/h8H,3-7H2,1-2H3,(H,14,17)(H2,13,15,16). The van der Waals surface area contributed by atoms with Crippen LogP contribution < -0.4 is 11.1 Å². The van der Waals surface area contributed by atoms with E-state index in [0.29, 0.717) is 17.9 Å². The molecule has 100 valence electrons. The highest BCUT2D eigenvalue weighted by Crippen LogP contribution is 2.03. The van der Waals surface area contributed by atoms with Gasteiger partial charge in [0.15, 0.2) is 0 Å². The van der Waals surface area contributed by atoms with Crippen molar-refractivity contribution in [3.05, 3.63) is 17.5 Å². The lowest BCUT2D eigenvalue weighted by molar-refractivity contribution is 0.0948. The summed E-state index contributed by atoms with van der Waals surface area (Å²) in [5.74, 6) is 1.13. The molecule has 0 saturated heterocycles. The normalized spacial score (nSPS) is 10.3. The van der Waals surface area contributed by atoms with Crippen molar-refractivity contribution in [2.24, 2.45) is 0 Å². The average Bonchev–Trinajstić information content (AvgIpc) is 2.32. The van der Waals surface area contributed by atoms with Gasteiger partial charge in [-0.25, -0.2) is 9.97 Å². The van der Waals surface area contributed by atoms with Crippen molar-refractivity contribution in [1.82, 2.24) is 15.3 Å². The first kappa shape index (κ1) is 14.8. The number of nitrogens with two attached hydrogens (primary N) is 1. The molecule has 0 atom stereocenters. The highest BCUT2D eigenvalue weighted by atomic mass is 32.2. The van der Waals surface area contributed by atoms with Crippen LogP contribution in [-0.4, -0.2) is 34.4 Å². The molecule has 1 aromatic heterocycles. The Morgan fingerprint density at radius 2 is 2.17 bits per heavy atom. The van der Waals surface area contributed by atoms with Gasteiger partial charge in [0.05, 0.1) is 0 Å². The number of nitrogen functional groups attached to an aromatic ring is 1. The molecule has 1 aromatic rings. The summed E-state index contributed by atoms with van der Waals surface area (Å²) in [6.45, 7) is 2.47. The summed E-state index contributed by atoms with van der Waals surface area (Å²) in [5, 5.41) is 2.84. The Morgan fingerprint density at radius 3 is 2.83 bits per heavy atom. The third-order valence-corrected chi connectivity index (χ3v) is 3.11. The predicted octanol–water partition coefficient (Wildman–Crippen LogP) is 1.63. The van der Waals surface area contributed by atoms with E-state index in [1.165, 1.54) is 12.2 Å². The smallest absolute Gasteiger partial charge is 0.270 e. The van der Waals surface area contributed by atoms with Gasteiger partial charge >= 0.3 is 0 Å². The number of hydrogen-bond donors (Lipinski definition) is 2. The molecule has 5 nitrogen and oxygen atoms in total. The molecule has 0 unspecified atom stereocenters. The van der Waals surface area contributed by atoms with Crippen molar-refractivity contribution < 1.29 is 4.79 Å². The van der Waals surface area contributed by atoms with E-state index in [9.17, 15) is 4.79 Å². The molecule has 1 amide bonds. The van der Waals surface area contributed by atoms with Crippen LogP contribution in [0.25, 0.3) is 0 Å². The topological polar surface area (TPSA) is 80.9 Å². The fourth-order valence-electron chi connectivity index (χ4n) is 1.55. The molecule has 0 aromatic carbocycles. The number of unbranched alkanes of at least 4 members (excludes halogenated alkanes) is 2. The highest BCUT2D eigenvalue weighted by molar-refractivity contribution is 7.98. The SMILES string of the molecule is CSCCCCCNC(=O)c1cc(C)nc(N)n1. The first-order valence-corrected chi connectivity index (χ1v) is 7.41. The zero-order valence-electron chi connectivity index (χ0n) is 10.9. The Morgan fingerprint density at radius 1 is 1.39 bits per heavy atom. The van der Waals surface area contributed by atoms with Gasteiger partial charge in [0.2, 0.25) is 5.95 Å². The molecule has 0 saturated carbocycles. The second kappa shape index (κ2) is 7.92. The van der Waals surface area contributed by atoms with Crippen LogP contribution in [-0.2, 0) is 0 Å². The molecule has 18 heavy (non-hydrogen) atoms. The number of thioether (sulfide) groups is 1. The summed E-state index contributed by atoms with van der Waals surface area (Å²) in [7, 11) is 0. The molecule has 0 bridgehead atoms. The molecule has 3 N–H and O–H groups in total. The van der Waals surface area contributed by atoms with Crippen LogP contribution in [0.1, 0.15) is 35.4 Å². The van der Waals surface area contributed by atoms with Crippen LogP contribution in [0.4, 0.5) is 5.95 Å². The van der Waals surface area contributed by atoms with Crippen LogP contribution in [0.5, 0.6) is 0 Å². The van der Waals surface area contributed by atoms with Gasteiger partial charge in [0, 0.05) is 12.2 Å². The minimum Gasteiger partial charge on any atom is -0.368 e. The number of aromatic nitrogens is 2. The number of amides is 1. The Labute approximate surface area is 112 Å². The summed E-state index contributed by atoms with van der Waals surface area (Å²) in [6.07, 6.45) is 5.41. The van der Waals surface area contributed by atoms with Crippen LogP contribution >= 0.6 is 11.8 Å². The summed E-state index contributed by atoms with van der Waals surface area (Å²) < 4.78 is 0. The van der Waals surface area contributed by atoms with E-state index >= 15 is 0 Å². The molecule has 1 rings (SSSR count). The van der Waals surface area contributed by atoms with Crippen molar-refractivity contribution in [2.75, 3.05) is 24.3 Å². The fourth-order valence-corrected chi connectivity index (χ4v) is 2.04. The number of aryl methyl sites for hydroxylation is 1. The van der Waals surface area contributed by atoms with Gasteiger partial charge in [0.1, 0.15) is 5.69 Å². The lowest BCUT2D eigenvalue weighted by atomic mass is 10.2. The van der Waals surface area contributed by atoms with Crippen molar-refractivity contribution in [3.8, 4) is 0 Å². The quantitative estimate of drug-likeness (QED) is 0.735. The monoisotopic (exact) mass is 268 g/mol. The number of carbonyl (C=O) groups excluding carboxylic acids is 1. The molecular formula is C12H20N4OS. The Kier molecular flexibility index (Phi) is 6.49. The van der Waals surface area contributed by atoms with E-state index in [4.69, 9.17) is 5.73 Å². The average molecular weight is 268 g/mol. The third-order valence-electron chi connectivity index (χ3n) is 2.41. The van der Waals surface area contributed by atoms with E-state index in [1.807, 2.05) is 11.8 Å². The number of anilines is 1. The van der Waals surface area contributed by atoms with Gasteiger partial charge in [-0.1, -0.05) is 6.42 Å². The Bertz CT molecular complexity index is 377. The van der Waals surface area contributed by atoms with Crippen LogP contribution in [0, 0.1) is 6.92 Å². The Hall–Kier alpha value is -1.30. The molecule has 6 heteroatoms. The molecule has 0 fully saturated rings. The van der Waals surface area contributed by atoms with Crippen LogP contribution in [0.2, 0.25) is 0 Å². The minimum atomic E-state index is -0.183. The van der Waals surface area contributed by atoms with Gasteiger partial charge in [-0.3, -0.25) is 4.79 Å². The number of nitrogens with zero attached hydrogens (tertiary/aromatic N) is 2. The number of rotatable bonds is 7. The largest absolute Gasteiger partial charge is 0.368 e. The van der Waals surface area contributed by atoms with Gasteiger partial charge in [-0.2, -0.15) is 11.8 Å². The van der Waals surface area contributed by atoms with Gasteiger partial charge in [-0.15, -0.1) is 0 Å². The number of nitrogens with one attached hydrogen (secondary N) is 1. The maximum absolute atomic E-state index is 11.8. The summed E-state index contributed by atoms with van der Waals surface area (Å²) in [5.41, 5.74) is 6.54. The predicted molar refractivity (Wildman–Crippen MR) is 75.7 cm³/mol. The molecular weight excluding hydrogens is 248 g/mol. The van der Waals surface area contributed by atoms with Gasteiger partial charge in [-0.05, 0) is 37.8 Å². The molecule has 0 aliphatic carbocycles. The van der Waals surface area contributed by atoms with Crippen LogP contribution in [0.3, 0.4) is 0 Å². The van der Waals surface area contributed by atoms with Crippen molar-refractivity contribution in [1.29, 1.82) is 0 Å². The Balaban J connectivity index is 2.32. The lowest BCUT2D eigenvalue weighted by Gasteiger charge is -2.05. The maximum atomic E-state index is 11.8. The molecule has 1 heterocycles. The molecule has 0 spiro atoms. The minimum absolute atomic E-state index is 0.139. The third kappa shape index (κ3) is 5.35. The maximum Gasteiger partial charge on any atom is 0.270 e. The zero-order valence-corrected chi connectivity index (χ0v) is 11.7. The van der Waals surface area contributed by atoms with Gasteiger partial charge < -0.3 is 11.1 Å². The van der Waals surface area contributed by atoms with E-state index < -0.39 is 0 Å². The summed E-state index contributed by atoms with van der Waals surface area (Å²) in [6, 6.07) is 1.64. The molecule has 0 aliphatic rings. The van der Waals surface area contributed by atoms with Crippen molar-refractivity contribution in [2.45, 2.75) is 26.2 Å². The first-order valence-electron chi connectivity index (χ1n) is 6.02. The molecule has 0 radical (unpaired) electrons. The zero-order chi connectivity index (χ0) is 13.4. The van der Waals surface area contributed by atoms with E-state index in [1.54, 1.807) is 13.0 Å². The molecule has 0 aliphatic heterocycles.